The molecule has 1 fully saturated rings. The van der Waals surface area contributed by atoms with Gasteiger partial charge in [-0.15, -0.1) is 0 Å². The molecular weight excluding hydrogens is 262 g/mol. The Morgan fingerprint density at radius 1 is 1.47 bits per heavy atom. The predicted octanol–water partition coefficient (Wildman–Crippen LogP) is 0.889. The van der Waals surface area contributed by atoms with E-state index in [4.69, 9.17) is 5.73 Å². The highest BCUT2D eigenvalue weighted by Crippen LogP contribution is 2.16. The standard InChI is InChI=1S/C13H21N3O2S/c1-16-7-3-4-11(10-16)9-15-19(17,18)13-6-2-5-12(14)8-13/h2,5-6,8,11,15H,3-4,7,9-10,14H2,1H3. The van der Waals surface area contributed by atoms with Crippen molar-refractivity contribution in [3.8, 4) is 0 Å². The molecule has 3 N–H and O–H groups in total. The number of anilines is 1. The maximum Gasteiger partial charge on any atom is 0.240 e. The highest BCUT2D eigenvalue weighted by atomic mass is 32.2. The number of benzene rings is 1. The minimum atomic E-state index is -3.45. The third-order valence-corrected chi connectivity index (χ3v) is 4.87. The fraction of sp³-hybridized carbons (Fsp3) is 0.538. The van der Waals surface area contributed by atoms with Crippen LogP contribution < -0.4 is 10.5 Å². The van der Waals surface area contributed by atoms with E-state index in [2.05, 4.69) is 16.7 Å². The van der Waals surface area contributed by atoms with Gasteiger partial charge in [-0.25, -0.2) is 13.1 Å². The molecule has 19 heavy (non-hydrogen) atoms. The summed E-state index contributed by atoms with van der Waals surface area (Å²) in [6, 6.07) is 6.37. The number of hydrogen-bond acceptors (Lipinski definition) is 4. The third-order valence-electron chi connectivity index (χ3n) is 3.45. The molecule has 0 aromatic heterocycles. The number of rotatable bonds is 4. The predicted molar refractivity (Wildman–Crippen MR) is 76.3 cm³/mol. The zero-order valence-electron chi connectivity index (χ0n) is 11.2. The maximum absolute atomic E-state index is 12.1. The number of piperidine rings is 1. The van der Waals surface area contributed by atoms with Crippen molar-refractivity contribution in [3.63, 3.8) is 0 Å². The van der Waals surface area contributed by atoms with Gasteiger partial charge in [0.1, 0.15) is 0 Å². The van der Waals surface area contributed by atoms with Gasteiger partial charge in [-0.1, -0.05) is 6.07 Å². The Balaban J connectivity index is 1.98. The van der Waals surface area contributed by atoms with E-state index in [1.54, 1.807) is 18.2 Å². The summed E-state index contributed by atoms with van der Waals surface area (Å²) < 4.78 is 26.9. The Bertz CT molecular complexity index is 530. The van der Waals surface area contributed by atoms with Gasteiger partial charge in [0.2, 0.25) is 10.0 Å². The number of likely N-dealkylation sites (tertiary alicyclic amines) is 1. The summed E-state index contributed by atoms with van der Waals surface area (Å²) in [4.78, 5) is 2.47. The van der Waals surface area contributed by atoms with Crippen molar-refractivity contribution >= 4 is 15.7 Å². The van der Waals surface area contributed by atoms with Crippen LogP contribution in [0.2, 0.25) is 0 Å². The van der Waals surface area contributed by atoms with E-state index in [0.29, 0.717) is 18.2 Å². The molecule has 0 amide bonds. The molecule has 1 atom stereocenters. The lowest BCUT2D eigenvalue weighted by atomic mass is 9.99. The van der Waals surface area contributed by atoms with Gasteiger partial charge >= 0.3 is 0 Å². The molecule has 5 nitrogen and oxygen atoms in total. The number of sulfonamides is 1. The van der Waals surface area contributed by atoms with Crippen LogP contribution in [0.3, 0.4) is 0 Å². The van der Waals surface area contributed by atoms with E-state index in [1.165, 1.54) is 6.07 Å². The Morgan fingerprint density at radius 3 is 2.95 bits per heavy atom. The fourth-order valence-corrected chi connectivity index (χ4v) is 3.60. The van der Waals surface area contributed by atoms with Gasteiger partial charge in [0, 0.05) is 18.8 Å². The summed E-state index contributed by atoms with van der Waals surface area (Å²) in [6.07, 6.45) is 2.20. The number of nitrogen functional groups attached to an aromatic ring is 1. The van der Waals surface area contributed by atoms with Crippen LogP contribution in [-0.4, -0.2) is 40.0 Å². The van der Waals surface area contributed by atoms with E-state index >= 15 is 0 Å². The summed E-state index contributed by atoms with van der Waals surface area (Å²) in [6.45, 7) is 2.53. The highest BCUT2D eigenvalue weighted by Gasteiger charge is 2.20. The van der Waals surface area contributed by atoms with Gasteiger partial charge in [-0.2, -0.15) is 0 Å². The van der Waals surface area contributed by atoms with E-state index in [-0.39, 0.29) is 4.90 Å². The molecule has 1 heterocycles. The highest BCUT2D eigenvalue weighted by molar-refractivity contribution is 7.89. The maximum atomic E-state index is 12.1. The van der Waals surface area contributed by atoms with Crippen LogP contribution in [0.1, 0.15) is 12.8 Å². The first kappa shape index (κ1) is 14.3. The first-order valence-corrected chi connectivity index (χ1v) is 7.99. The summed E-state index contributed by atoms with van der Waals surface area (Å²) in [5, 5.41) is 0. The van der Waals surface area contributed by atoms with E-state index in [9.17, 15) is 8.42 Å². The molecule has 106 valence electrons. The van der Waals surface area contributed by atoms with Crippen molar-refractivity contribution in [3.05, 3.63) is 24.3 Å². The molecule has 6 heteroatoms. The lowest BCUT2D eigenvalue weighted by Crippen LogP contribution is -2.39. The van der Waals surface area contributed by atoms with E-state index in [0.717, 1.165) is 25.9 Å². The average Bonchev–Trinajstić information content (AvgIpc) is 2.37. The third kappa shape index (κ3) is 3.92. The first-order chi connectivity index (χ1) is 8.97. The van der Waals surface area contributed by atoms with Crippen LogP contribution in [0.25, 0.3) is 0 Å². The molecular formula is C13H21N3O2S. The van der Waals surface area contributed by atoms with Crippen LogP contribution in [0.5, 0.6) is 0 Å². The van der Waals surface area contributed by atoms with E-state index in [1.807, 2.05) is 0 Å². The zero-order valence-corrected chi connectivity index (χ0v) is 12.0. The second-order valence-electron chi connectivity index (χ2n) is 5.19. The van der Waals surface area contributed by atoms with Gasteiger partial charge in [0.25, 0.3) is 0 Å². The Labute approximate surface area is 114 Å². The largest absolute Gasteiger partial charge is 0.399 e. The molecule has 1 aliphatic rings. The summed E-state index contributed by atoms with van der Waals surface area (Å²) in [7, 11) is -1.38. The van der Waals surface area contributed by atoms with Gasteiger partial charge < -0.3 is 10.6 Å². The van der Waals surface area contributed by atoms with Crippen molar-refractivity contribution in [2.24, 2.45) is 5.92 Å². The first-order valence-electron chi connectivity index (χ1n) is 6.51. The normalized spacial score (nSPS) is 21.4. The molecule has 0 spiro atoms. The lowest BCUT2D eigenvalue weighted by Gasteiger charge is -2.29. The summed E-state index contributed by atoms with van der Waals surface area (Å²) in [5.74, 6) is 0.384. The molecule has 1 unspecified atom stereocenters. The van der Waals surface area contributed by atoms with Gasteiger partial charge in [0.05, 0.1) is 4.90 Å². The molecule has 1 saturated heterocycles. The molecule has 2 rings (SSSR count). The van der Waals surface area contributed by atoms with Gasteiger partial charge in [0.15, 0.2) is 0 Å². The van der Waals surface area contributed by atoms with Crippen LogP contribution in [0.4, 0.5) is 5.69 Å². The minimum Gasteiger partial charge on any atom is -0.399 e. The molecule has 1 aromatic rings. The molecule has 1 aromatic carbocycles. The Kier molecular flexibility index (Phi) is 4.44. The van der Waals surface area contributed by atoms with Crippen molar-refractivity contribution < 1.29 is 8.42 Å². The van der Waals surface area contributed by atoms with Crippen LogP contribution >= 0.6 is 0 Å². The topological polar surface area (TPSA) is 75.4 Å². The van der Waals surface area contributed by atoms with Crippen molar-refractivity contribution in [2.45, 2.75) is 17.7 Å². The SMILES string of the molecule is CN1CCCC(CNS(=O)(=O)c2cccc(N)c2)C1. The molecule has 0 aliphatic carbocycles. The minimum absolute atomic E-state index is 0.233. The molecule has 0 radical (unpaired) electrons. The van der Waals surface area contributed by atoms with Gasteiger partial charge in [-0.3, -0.25) is 0 Å². The van der Waals surface area contributed by atoms with Crippen molar-refractivity contribution in [1.29, 1.82) is 0 Å². The number of nitrogens with two attached hydrogens (primary N) is 1. The van der Waals surface area contributed by atoms with Crippen LogP contribution in [0, 0.1) is 5.92 Å². The average molecular weight is 283 g/mol. The monoisotopic (exact) mass is 283 g/mol. The number of nitrogens with one attached hydrogen (secondary N) is 1. The fourth-order valence-electron chi connectivity index (χ4n) is 2.43. The number of hydrogen-bond donors (Lipinski definition) is 2. The molecule has 0 bridgehead atoms. The Morgan fingerprint density at radius 2 is 2.26 bits per heavy atom. The lowest BCUT2D eigenvalue weighted by molar-refractivity contribution is 0.211. The van der Waals surface area contributed by atoms with Crippen LogP contribution in [0.15, 0.2) is 29.2 Å². The van der Waals surface area contributed by atoms with E-state index < -0.39 is 10.0 Å². The van der Waals surface area contributed by atoms with Crippen LogP contribution in [-0.2, 0) is 10.0 Å². The smallest absolute Gasteiger partial charge is 0.240 e. The van der Waals surface area contributed by atoms with Crippen molar-refractivity contribution in [1.82, 2.24) is 9.62 Å². The molecule has 1 aliphatic heterocycles. The van der Waals surface area contributed by atoms with Crippen molar-refractivity contribution in [2.75, 3.05) is 32.4 Å². The second-order valence-corrected chi connectivity index (χ2v) is 6.96. The summed E-state index contributed by atoms with van der Waals surface area (Å²) >= 11 is 0. The Hall–Kier alpha value is -1.11. The second kappa shape index (κ2) is 5.90. The van der Waals surface area contributed by atoms with Gasteiger partial charge in [-0.05, 0) is 50.6 Å². The molecule has 0 saturated carbocycles. The quantitative estimate of drug-likeness (QED) is 0.805. The zero-order chi connectivity index (χ0) is 13.9. The summed E-state index contributed by atoms with van der Waals surface area (Å²) in [5.41, 5.74) is 6.07. The number of nitrogens with zero attached hydrogens (tertiary/aromatic N) is 1.